The fourth-order valence-corrected chi connectivity index (χ4v) is 1.76. The number of nitrogens with zero attached hydrogens (tertiary/aromatic N) is 1. The van der Waals surface area contributed by atoms with Gasteiger partial charge >= 0.3 is 0 Å². The predicted molar refractivity (Wildman–Crippen MR) is 74.0 cm³/mol. The minimum atomic E-state index is 0.0710. The van der Waals surface area contributed by atoms with Crippen molar-refractivity contribution in [1.82, 2.24) is 10.2 Å². The molecule has 0 fully saturated rings. The van der Waals surface area contributed by atoms with Crippen LogP contribution >= 0.6 is 0 Å². The normalized spacial score (nSPS) is 10.9. The Morgan fingerprint density at radius 2 is 2.32 bits per heavy atom. The number of nitrogens with one attached hydrogen (secondary N) is 1. The van der Waals surface area contributed by atoms with Crippen molar-refractivity contribution in [3.63, 3.8) is 0 Å². The number of carbonyl (C=O) groups is 1. The predicted octanol–water partition coefficient (Wildman–Crippen LogP) is 1.30. The Morgan fingerprint density at radius 3 is 3.00 bits per heavy atom. The molecule has 19 heavy (non-hydrogen) atoms. The van der Waals surface area contributed by atoms with Crippen LogP contribution in [0.25, 0.3) is 0 Å². The average Bonchev–Trinajstić information content (AvgIpc) is 2.90. The zero-order valence-corrected chi connectivity index (χ0v) is 11.9. The Balaban J connectivity index is 2.00. The molecule has 108 valence electrons. The molecule has 0 aliphatic rings. The van der Waals surface area contributed by atoms with Gasteiger partial charge in [0.25, 0.3) is 0 Å². The Morgan fingerprint density at radius 1 is 1.47 bits per heavy atom. The number of ether oxygens (including phenoxy) is 1. The Kier molecular flexibility index (Phi) is 7.93. The van der Waals surface area contributed by atoms with E-state index in [-0.39, 0.29) is 5.91 Å². The van der Waals surface area contributed by atoms with Crippen molar-refractivity contribution in [2.45, 2.75) is 19.3 Å². The highest BCUT2D eigenvalue weighted by atomic mass is 16.5. The first-order chi connectivity index (χ1) is 9.22. The zero-order valence-electron chi connectivity index (χ0n) is 11.9. The van der Waals surface area contributed by atoms with Crippen LogP contribution in [0.15, 0.2) is 22.8 Å². The largest absolute Gasteiger partial charge is 0.469 e. The van der Waals surface area contributed by atoms with Gasteiger partial charge in [0.05, 0.1) is 6.26 Å². The molecule has 0 radical (unpaired) electrons. The highest BCUT2D eigenvalue weighted by Gasteiger charge is 2.04. The van der Waals surface area contributed by atoms with Crippen molar-refractivity contribution in [1.29, 1.82) is 0 Å². The molecule has 5 heteroatoms. The maximum atomic E-state index is 11.6. The number of rotatable bonds is 10. The second-order valence-corrected chi connectivity index (χ2v) is 4.58. The van der Waals surface area contributed by atoms with Gasteiger partial charge in [-0.05, 0) is 25.6 Å². The molecule has 0 aromatic carbocycles. The van der Waals surface area contributed by atoms with Gasteiger partial charge in [-0.25, -0.2) is 0 Å². The van der Waals surface area contributed by atoms with E-state index in [1.807, 2.05) is 19.2 Å². The lowest BCUT2D eigenvalue weighted by Gasteiger charge is -2.16. The van der Waals surface area contributed by atoms with Crippen molar-refractivity contribution >= 4 is 5.91 Å². The number of likely N-dealkylation sites (N-methyl/N-ethyl adjacent to an activating group) is 1. The van der Waals surface area contributed by atoms with Crippen LogP contribution in [0, 0.1) is 0 Å². The molecule has 1 aromatic rings. The molecule has 5 nitrogen and oxygen atoms in total. The maximum Gasteiger partial charge on any atom is 0.220 e. The molecule has 0 saturated carbocycles. The third kappa shape index (κ3) is 7.64. The fraction of sp³-hybridized carbons (Fsp3) is 0.643. The number of hydrogen-bond acceptors (Lipinski definition) is 4. The quantitative estimate of drug-likeness (QED) is 0.650. The summed E-state index contributed by atoms with van der Waals surface area (Å²) in [6.07, 6.45) is 3.77. The first kappa shape index (κ1) is 15.7. The summed E-state index contributed by atoms with van der Waals surface area (Å²) in [5.41, 5.74) is 0. The summed E-state index contributed by atoms with van der Waals surface area (Å²) < 4.78 is 10.2. The number of aryl methyl sites for hydroxylation is 1. The molecule has 1 heterocycles. The van der Waals surface area contributed by atoms with Gasteiger partial charge < -0.3 is 19.4 Å². The van der Waals surface area contributed by atoms with Gasteiger partial charge in [0, 0.05) is 46.2 Å². The van der Waals surface area contributed by atoms with Crippen LogP contribution in [0.4, 0.5) is 0 Å². The summed E-state index contributed by atoms with van der Waals surface area (Å²) in [4.78, 5) is 13.8. The van der Waals surface area contributed by atoms with E-state index in [4.69, 9.17) is 9.15 Å². The van der Waals surface area contributed by atoms with Crippen LogP contribution in [0.5, 0.6) is 0 Å². The molecule has 0 bridgehead atoms. The minimum absolute atomic E-state index is 0.0710. The van der Waals surface area contributed by atoms with Gasteiger partial charge in [-0.1, -0.05) is 0 Å². The van der Waals surface area contributed by atoms with Crippen molar-refractivity contribution in [3.8, 4) is 0 Å². The van der Waals surface area contributed by atoms with E-state index in [0.717, 1.165) is 31.9 Å². The summed E-state index contributed by atoms with van der Waals surface area (Å²) in [5.74, 6) is 0.925. The average molecular weight is 268 g/mol. The molecule has 1 N–H and O–H groups in total. The SMILES string of the molecule is COCCCN(C)CCNC(=O)CCc1ccco1. The Bertz CT molecular complexity index is 338. The van der Waals surface area contributed by atoms with Gasteiger partial charge in [-0.15, -0.1) is 0 Å². The summed E-state index contributed by atoms with van der Waals surface area (Å²) in [6, 6.07) is 3.72. The number of furan rings is 1. The fourth-order valence-electron chi connectivity index (χ4n) is 1.76. The van der Waals surface area contributed by atoms with E-state index in [0.29, 0.717) is 19.4 Å². The first-order valence-corrected chi connectivity index (χ1v) is 6.69. The molecule has 1 aromatic heterocycles. The highest BCUT2D eigenvalue weighted by Crippen LogP contribution is 2.03. The lowest BCUT2D eigenvalue weighted by atomic mass is 10.2. The summed E-state index contributed by atoms with van der Waals surface area (Å²) in [5, 5.41) is 2.91. The zero-order chi connectivity index (χ0) is 13.9. The Labute approximate surface area is 114 Å². The molecule has 0 aliphatic carbocycles. The van der Waals surface area contributed by atoms with E-state index in [9.17, 15) is 4.79 Å². The van der Waals surface area contributed by atoms with Gasteiger partial charge in [0.2, 0.25) is 5.91 Å². The second-order valence-electron chi connectivity index (χ2n) is 4.58. The van der Waals surface area contributed by atoms with E-state index >= 15 is 0 Å². The van der Waals surface area contributed by atoms with E-state index in [1.165, 1.54) is 0 Å². The molecule has 0 atom stereocenters. The summed E-state index contributed by atoms with van der Waals surface area (Å²) >= 11 is 0. The molecular formula is C14H24N2O3. The molecule has 0 spiro atoms. The smallest absolute Gasteiger partial charge is 0.220 e. The van der Waals surface area contributed by atoms with E-state index in [2.05, 4.69) is 10.2 Å². The van der Waals surface area contributed by atoms with Gasteiger partial charge in [-0.3, -0.25) is 4.79 Å². The molecule has 1 rings (SSSR count). The second kappa shape index (κ2) is 9.58. The molecule has 0 aliphatic heterocycles. The minimum Gasteiger partial charge on any atom is -0.469 e. The van der Waals surface area contributed by atoms with Crippen LogP contribution in [-0.4, -0.2) is 51.2 Å². The summed E-state index contributed by atoms with van der Waals surface area (Å²) in [7, 11) is 3.75. The van der Waals surface area contributed by atoms with Crippen LogP contribution in [0.3, 0.4) is 0 Å². The standard InChI is InChI=1S/C14H24N2O3/c1-16(9-4-11-18-2)10-8-15-14(17)7-6-13-5-3-12-19-13/h3,5,12H,4,6-11H2,1-2H3,(H,15,17). The van der Waals surface area contributed by atoms with E-state index in [1.54, 1.807) is 13.4 Å². The first-order valence-electron chi connectivity index (χ1n) is 6.69. The van der Waals surface area contributed by atoms with Gasteiger partial charge in [0.1, 0.15) is 5.76 Å². The third-order valence-electron chi connectivity index (χ3n) is 2.88. The molecule has 0 unspecified atom stereocenters. The van der Waals surface area contributed by atoms with Crippen molar-refractivity contribution in [3.05, 3.63) is 24.2 Å². The monoisotopic (exact) mass is 268 g/mol. The molecule has 1 amide bonds. The van der Waals surface area contributed by atoms with E-state index < -0.39 is 0 Å². The number of hydrogen-bond donors (Lipinski definition) is 1. The van der Waals surface area contributed by atoms with Crippen molar-refractivity contribution < 1.29 is 13.9 Å². The topological polar surface area (TPSA) is 54.7 Å². The number of carbonyl (C=O) groups excluding carboxylic acids is 1. The van der Waals surface area contributed by atoms with Crippen LogP contribution < -0.4 is 5.32 Å². The van der Waals surface area contributed by atoms with Crippen LogP contribution in [0.2, 0.25) is 0 Å². The maximum absolute atomic E-state index is 11.6. The van der Waals surface area contributed by atoms with Crippen molar-refractivity contribution in [2.75, 3.05) is 40.4 Å². The lowest BCUT2D eigenvalue weighted by Crippen LogP contribution is -2.33. The Hall–Kier alpha value is -1.33. The molecular weight excluding hydrogens is 244 g/mol. The van der Waals surface area contributed by atoms with Crippen LogP contribution in [-0.2, 0) is 16.0 Å². The van der Waals surface area contributed by atoms with Crippen LogP contribution in [0.1, 0.15) is 18.6 Å². The van der Waals surface area contributed by atoms with Gasteiger partial charge in [-0.2, -0.15) is 0 Å². The van der Waals surface area contributed by atoms with Crippen molar-refractivity contribution in [2.24, 2.45) is 0 Å². The third-order valence-corrected chi connectivity index (χ3v) is 2.88. The highest BCUT2D eigenvalue weighted by molar-refractivity contribution is 5.76. The van der Waals surface area contributed by atoms with Gasteiger partial charge in [0.15, 0.2) is 0 Å². The summed E-state index contributed by atoms with van der Waals surface area (Å²) in [6.45, 7) is 3.30. The lowest BCUT2D eigenvalue weighted by molar-refractivity contribution is -0.121. The number of amides is 1. The number of methoxy groups -OCH3 is 1. The molecule has 0 saturated heterocycles.